The highest BCUT2D eigenvalue weighted by atomic mass is 32.2. The van der Waals surface area contributed by atoms with E-state index < -0.39 is 10.0 Å². The predicted molar refractivity (Wildman–Crippen MR) is 102 cm³/mol. The van der Waals surface area contributed by atoms with E-state index in [-0.39, 0.29) is 10.8 Å². The molecule has 1 N–H and O–H groups in total. The van der Waals surface area contributed by atoms with Crippen LogP contribution in [0.15, 0.2) is 51.9 Å². The quantitative estimate of drug-likeness (QED) is 0.662. The molecule has 0 radical (unpaired) electrons. The smallest absolute Gasteiger partial charge is 0.261 e. The van der Waals surface area contributed by atoms with Crippen molar-refractivity contribution in [2.75, 3.05) is 11.8 Å². The summed E-state index contributed by atoms with van der Waals surface area (Å²) >= 11 is 0. The zero-order valence-corrected chi connectivity index (χ0v) is 16.2. The van der Waals surface area contributed by atoms with E-state index >= 15 is 0 Å². The van der Waals surface area contributed by atoms with Crippen LogP contribution >= 0.6 is 0 Å². The molecule has 0 unspecified atom stereocenters. The third-order valence-corrected chi connectivity index (χ3v) is 5.41. The Morgan fingerprint density at radius 2 is 1.96 bits per heavy atom. The average molecular weight is 387 g/mol. The molecule has 142 valence electrons. The molecule has 27 heavy (non-hydrogen) atoms. The maximum absolute atomic E-state index is 12.8. The lowest BCUT2D eigenvalue weighted by atomic mass is 10.2. The van der Waals surface area contributed by atoms with Crippen LogP contribution in [0.3, 0.4) is 0 Å². The van der Waals surface area contributed by atoms with Crippen LogP contribution < -0.4 is 9.46 Å². The number of para-hydroxylation sites is 1. The molecule has 0 saturated carbocycles. The van der Waals surface area contributed by atoms with Crippen LogP contribution in [0, 0.1) is 6.92 Å². The average Bonchev–Trinajstić information content (AvgIpc) is 3.12. The number of aromatic nitrogens is 2. The van der Waals surface area contributed by atoms with E-state index in [1.54, 1.807) is 18.2 Å². The van der Waals surface area contributed by atoms with E-state index in [2.05, 4.69) is 14.9 Å². The summed E-state index contributed by atoms with van der Waals surface area (Å²) in [4.78, 5) is 4.41. The van der Waals surface area contributed by atoms with Crippen LogP contribution in [0.5, 0.6) is 5.75 Å². The summed E-state index contributed by atoms with van der Waals surface area (Å²) in [5.74, 6) is 1.25. The SMILES string of the molecule is CCCc1noc(-c2cc(S(=O)(=O)Nc3ccccc3C)ccc2OC)n1. The van der Waals surface area contributed by atoms with Crippen LogP contribution in [0.25, 0.3) is 11.5 Å². The molecule has 3 aromatic rings. The van der Waals surface area contributed by atoms with Gasteiger partial charge in [0.1, 0.15) is 5.75 Å². The molecule has 1 aromatic heterocycles. The van der Waals surface area contributed by atoms with Crippen molar-refractivity contribution in [1.29, 1.82) is 0 Å². The molecule has 0 amide bonds. The van der Waals surface area contributed by atoms with Gasteiger partial charge in [0.25, 0.3) is 15.9 Å². The minimum atomic E-state index is -3.79. The van der Waals surface area contributed by atoms with Crippen LogP contribution in [0.4, 0.5) is 5.69 Å². The van der Waals surface area contributed by atoms with Crippen molar-refractivity contribution in [2.45, 2.75) is 31.6 Å². The lowest BCUT2D eigenvalue weighted by Gasteiger charge is -2.12. The highest BCUT2D eigenvalue weighted by Gasteiger charge is 2.21. The summed E-state index contributed by atoms with van der Waals surface area (Å²) in [6.45, 7) is 3.85. The number of hydrogen-bond donors (Lipinski definition) is 1. The van der Waals surface area contributed by atoms with E-state index in [9.17, 15) is 8.42 Å². The minimum Gasteiger partial charge on any atom is -0.496 e. The van der Waals surface area contributed by atoms with Crippen molar-refractivity contribution in [3.63, 3.8) is 0 Å². The maximum Gasteiger partial charge on any atom is 0.261 e. The van der Waals surface area contributed by atoms with Gasteiger partial charge in [-0.1, -0.05) is 30.3 Å². The molecule has 0 spiro atoms. The molecule has 7 nitrogen and oxygen atoms in total. The van der Waals surface area contributed by atoms with Crippen molar-refractivity contribution < 1.29 is 17.7 Å². The number of ether oxygens (including phenoxy) is 1. The first-order valence-corrected chi connectivity index (χ1v) is 10.0. The molecule has 0 fully saturated rings. The largest absolute Gasteiger partial charge is 0.496 e. The number of nitrogens with zero attached hydrogens (tertiary/aromatic N) is 2. The number of rotatable bonds is 7. The van der Waals surface area contributed by atoms with Gasteiger partial charge in [0.15, 0.2) is 5.82 Å². The Bertz CT molecular complexity index is 1040. The highest BCUT2D eigenvalue weighted by Crippen LogP contribution is 2.32. The second-order valence-corrected chi connectivity index (χ2v) is 7.73. The van der Waals surface area contributed by atoms with E-state index in [1.165, 1.54) is 19.2 Å². The summed E-state index contributed by atoms with van der Waals surface area (Å²) in [6.07, 6.45) is 1.56. The van der Waals surface area contributed by atoms with Gasteiger partial charge >= 0.3 is 0 Å². The molecule has 8 heteroatoms. The first kappa shape index (κ1) is 18.9. The molecule has 3 rings (SSSR count). The van der Waals surface area contributed by atoms with Gasteiger partial charge in [0.05, 0.1) is 23.3 Å². The van der Waals surface area contributed by atoms with Crippen LogP contribution in [0.2, 0.25) is 0 Å². The number of anilines is 1. The van der Waals surface area contributed by atoms with Crippen molar-refractivity contribution in [2.24, 2.45) is 0 Å². The Kier molecular flexibility index (Phi) is 5.46. The molecular weight excluding hydrogens is 366 g/mol. The Morgan fingerprint density at radius 1 is 1.19 bits per heavy atom. The van der Waals surface area contributed by atoms with Crippen LogP contribution in [-0.2, 0) is 16.4 Å². The molecule has 1 heterocycles. The standard InChI is InChI=1S/C19H21N3O4S/c1-4-7-18-20-19(26-21-18)15-12-14(10-11-17(15)25-3)27(23,24)22-16-9-6-5-8-13(16)2/h5-6,8-12,22H,4,7H2,1-3H3. The first-order valence-electron chi connectivity index (χ1n) is 8.54. The third kappa shape index (κ3) is 4.11. The Hall–Kier alpha value is -2.87. The topological polar surface area (TPSA) is 94.3 Å². The molecule has 0 bridgehead atoms. The van der Waals surface area contributed by atoms with Crippen molar-refractivity contribution in [3.8, 4) is 17.2 Å². The van der Waals surface area contributed by atoms with Crippen molar-refractivity contribution >= 4 is 15.7 Å². The minimum absolute atomic E-state index is 0.0804. The number of nitrogens with one attached hydrogen (secondary N) is 1. The van der Waals surface area contributed by atoms with Crippen molar-refractivity contribution in [3.05, 3.63) is 53.9 Å². The van der Waals surface area contributed by atoms with Gasteiger partial charge in [-0.15, -0.1) is 0 Å². The summed E-state index contributed by atoms with van der Waals surface area (Å²) < 4.78 is 38.9. The van der Waals surface area contributed by atoms with E-state index in [0.29, 0.717) is 29.2 Å². The summed E-state index contributed by atoms with van der Waals surface area (Å²) in [5, 5.41) is 3.92. The van der Waals surface area contributed by atoms with Crippen LogP contribution in [-0.4, -0.2) is 25.7 Å². The summed E-state index contributed by atoms with van der Waals surface area (Å²) in [6, 6.07) is 11.7. The van der Waals surface area contributed by atoms with Crippen LogP contribution in [0.1, 0.15) is 24.7 Å². The molecule has 0 aliphatic rings. The highest BCUT2D eigenvalue weighted by molar-refractivity contribution is 7.92. The fourth-order valence-electron chi connectivity index (χ4n) is 2.60. The fraction of sp³-hybridized carbons (Fsp3) is 0.263. The van der Waals surface area contributed by atoms with Crippen molar-refractivity contribution in [1.82, 2.24) is 10.1 Å². The van der Waals surface area contributed by atoms with Gasteiger partial charge in [-0.05, 0) is 43.2 Å². The van der Waals surface area contributed by atoms with Gasteiger partial charge in [0, 0.05) is 6.42 Å². The number of aryl methyl sites for hydroxylation is 2. The Morgan fingerprint density at radius 3 is 2.67 bits per heavy atom. The molecule has 0 atom stereocenters. The second kappa shape index (κ2) is 7.79. The summed E-state index contributed by atoms with van der Waals surface area (Å²) in [7, 11) is -2.29. The number of sulfonamides is 1. The number of methoxy groups -OCH3 is 1. The second-order valence-electron chi connectivity index (χ2n) is 6.05. The monoisotopic (exact) mass is 387 g/mol. The fourth-order valence-corrected chi connectivity index (χ4v) is 3.76. The van der Waals surface area contributed by atoms with Gasteiger partial charge in [-0.3, -0.25) is 4.72 Å². The Labute approximate surface area is 158 Å². The molecule has 0 aliphatic carbocycles. The van der Waals surface area contributed by atoms with Gasteiger partial charge in [-0.25, -0.2) is 8.42 Å². The molecule has 0 saturated heterocycles. The van der Waals surface area contributed by atoms with E-state index in [4.69, 9.17) is 9.26 Å². The van der Waals surface area contributed by atoms with Gasteiger partial charge < -0.3 is 9.26 Å². The normalized spacial score (nSPS) is 11.4. The molecule has 2 aromatic carbocycles. The zero-order valence-electron chi connectivity index (χ0n) is 15.4. The first-order chi connectivity index (χ1) is 12.9. The zero-order chi connectivity index (χ0) is 19.4. The number of hydrogen-bond acceptors (Lipinski definition) is 6. The molecule has 0 aliphatic heterocycles. The Balaban J connectivity index is 2.00. The van der Waals surface area contributed by atoms with E-state index in [1.807, 2.05) is 26.0 Å². The lowest BCUT2D eigenvalue weighted by Crippen LogP contribution is -2.14. The lowest BCUT2D eigenvalue weighted by molar-refractivity contribution is 0.402. The third-order valence-electron chi connectivity index (χ3n) is 4.04. The van der Waals surface area contributed by atoms with Gasteiger partial charge in [0.2, 0.25) is 0 Å². The molecular formula is C19H21N3O4S. The summed E-state index contributed by atoms with van der Waals surface area (Å²) in [5.41, 5.74) is 1.79. The maximum atomic E-state index is 12.8. The van der Waals surface area contributed by atoms with Gasteiger partial charge in [-0.2, -0.15) is 4.98 Å². The number of benzene rings is 2. The predicted octanol–water partition coefficient (Wildman–Crippen LogP) is 3.81. The van der Waals surface area contributed by atoms with E-state index in [0.717, 1.165) is 12.0 Å².